The zero-order valence-electron chi connectivity index (χ0n) is 15.6. The summed E-state index contributed by atoms with van der Waals surface area (Å²) in [5.41, 5.74) is 3.21. The third kappa shape index (κ3) is 3.34. The van der Waals surface area contributed by atoms with Gasteiger partial charge in [0, 0.05) is 35.8 Å². The molecular formula is C20H17N3O4S. The van der Waals surface area contributed by atoms with Crippen LogP contribution in [0.5, 0.6) is 5.75 Å². The van der Waals surface area contributed by atoms with Crippen LogP contribution in [0.2, 0.25) is 0 Å². The molecule has 0 bridgehead atoms. The van der Waals surface area contributed by atoms with Crippen LogP contribution in [0.1, 0.15) is 27.4 Å². The SMILES string of the molecule is COC(=O)c1cncc2c(COc3cc(-c4nnc(C)o4)ccc3C)csc12. The second-order valence-corrected chi connectivity index (χ2v) is 7.09. The van der Waals surface area contributed by atoms with Crippen molar-refractivity contribution in [1.29, 1.82) is 0 Å². The van der Waals surface area contributed by atoms with Crippen molar-refractivity contribution in [3.05, 3.63) is 58.6 Å². The predicted octanol–water partition coefficient (Wildman–Crippen LogP) is 4.33. The molecule has 0 unspecified atom stereocenters. The highest BCUT2D eigenvalue weighted by molar-refractivity contribution is 7.17. The lowest BCUT2D eigenvalue weighted by atomic mass is 10.1. The zero-order chi connectivity index (χ0) is 19.7. The minimum Gasteiger partial charge on any atom is -0.489 e. The fourth-order valence-electron chi connectivity index (χ4n) is 2.82. The second-order valence-electron chi connectivity index (χ2n) is 6.21. The molecule has 0 fully saturated rings. The molecule has 0 aliphatic rings. The van der Waals surface area contributed by atoms with E-state index in [4.69, 9.17) is 13.9 Å². The number of carbonyl (C=O) groups is 1. The van der Waals surface area contributed by atoms with Gasteiger partial charge in [-0.3, -0.25) is 4.98 Å². The van der Waals surface area contributed by atoms with E-state index >= 15 is 0 Å². The van der Waals surface area contributed by atoms with Gasteiger partial charge in [0.25, 0.3) is 0 Å². The number of thiophene rings is 1. The van der Waals surface area contributed by atoms with Crippen molar-refractivity contribution in [2.75, 3.05) is 7.11 Å². The van der Waals surface area contributed by atoms with E-state index in [2.05, 4.69) is 15.2 Å². The monoisotopic (exact) mass is 395 g/mol. The first-order valence-electron chi connectivity index (χ1n) is 8.53. The van der Waals surface area contributed by atoms with Crippen molar-refractivity contribution >= 4 is 27.4 Å². The van der Waals surface area contributed by atoms with Gasteiger partial charge in [-0.25, -0.2) is 4.79 Å². The Morgan fingerprint density at radius 2 is 2.07 bits per heavy atom. The first kappa shape index (κ1) is 18.1. The Kier molecular flexibility index (Phi) is 4.79. The summed E-state index contributed by atoms with van der Waals surface area (Å²) < 4.78 is 17.2. The molecule has 3 aromatic heterocycles. The number of pyridine rings is 1. The van der Waals surface area contributed by atoms with E-state index in [1.54, 1.807) is 13.1 Å². The Morgan fingerprint density at radius 1 is 1.21 bits per heavy atom. The average molecular weight is 395 g/mol. The lowest BCUT2D eigenvalue weighted by Gasteiger charge is -2.10. The Labute approximate surface area is 165 Å². The molecule has 7 nitrogen and oxygen atoms in total. The normalized spacial score (nSPS) is 11.0. The molecule has 28 heavy (non-hydrogen) atoms. The van der Waals surface area contributed by atoms with Crippen LogP contribution in [-0.4, -0.2) is 28.3 Å². The van der Waals surface area contributed by atoms with Gasteiger partial charge in [-0.1, -0.05) is 6.07 Å². The van der Waals surface area contributed by atoms with Crippen molar-refractivity contribution in [2.24, 2.45) is 0 Å². The van der Waals surface area contributed by atoms with Crippen LogP contribution in [-0.2, 0) is 11.3 Å². The van der Waals surface area contributed by atoms with Crippen LogP contribution in [0, 0.1) is 13.8 Å². The number of aromatic nitrogens is 3. The molecule has 0 saturated carbocycles. The maximum Gasteiger partial charge on any atom is 0.340 e. The molecule has 4 aromatic rings. The molecule has 4 rings (SSSR count). The number of hydrogen-bond acceptors (Lipinski definition) is 8. The number of hydrogen-bond donors (Lipinski definition) is 0. The molecule has 142 valence electrons. The summed E-state index contributed by atoms with van der Waals surface area (Å²) in [5.74, 6) is 1.29. The largest absolute Gasteiger partial charge is 0.489 e. The summed E-state index contributed by atoms with van der Waals surface area (Å²) in [6, 6.07) is 5.75. The van der Waals surface area contributed by atoms with Gasteiger partial charge in [-0.2, -0.15) is 0 Å². The van der Waals surface area contributed by atoms with Gasteiger partial charge in [0.05, 0.1) is 17.4 Å². The number of fused-ring (bicyclic) bond motifs is 1. The van der Waals surface area contributed by atoms with E-state index in [1.165, 1.54) is 24.6 Å². The van der Waals surface area contributed by atoms with Gasteiger partial charge in [-0.15, -0.1) is 21.5 Å². The van der Waals surface area contributed by atoms with Crippen LogP contribution in [0.4, 0.5) is 0 Å². The Hall–Kier alpha value is -3.26. The van der Waals surface area contributed by atoms with Crippen molar-refractivity contribution in [3.8, 4) is 17.2 Å². The van der Waals surface area contributed by atoms with Crippen LogP contribution in [0.25, 0.3) is 21.5 Å². The maximum atomic E-state index is 11.9. The quantitative estimate of drug-likeness (QED) is 0.465. The Bertz CT molecular complexity index is 1170. The number of esters is 1. The number of rotatable bonds is 5. The number of ether oxygens (including phenoxy) is 2. The average Bonchev–Trinajstić information content (AvgIpc) is 3.33. The van der Waals surface area contributed by atoms with E-state index in [0.29, 0.717) is 24.0 Å². The molecule has 3 heterocycles. The lowest BCUT2D eigenvalue weighted by Crippen LogP contribution is -2.02. The third-order valence-corrected chi connectivity index (χ3v) is 5.39. The topological polar surface area (TPSA) is 87.3 Å². The number of benzene rings is 1. The fourth-order valence-corrected chi connectivity index (χ4v) is 3.85. The van der Waals surface area contributed by atoms with Crippen molar-refractivity contribution in [2.45, 2.75) is 20.5 Å². The molecule has 0 saturated heterocycles. The van der Waals surface area contributed by atoms with E-state index in [0.717, 1.165) is 32.5 Å². The molecule has 0 radical (unpaired) electrons. The van der Waals surface area contributed by atoms with E-state index in [9.17, 15) is 4.79 Å². The summed E-state index contributed by atoms with van der Waals surface area (Å²) in [7, 11) is 1.36. The van der Waals surface area contributed by atoms with Gasteiger partial charge in [0.15, 0.2) is 0 Å². The van der Waals surface area contributed by atoms with Gasteiger partial charge in [0.1, 0.15) is 12.4 Å². The Balaban J connectivity index is 1.61. The van der Waals surface area contributed by atoms with Crippen LogP contribution in [0.15, 0.2) is 40.4 Å². The van der Waals surface area contributed by atoms with Gasteiger partial charge in [0.2, 0.25) is 11.8 Å². The fraction of sp³-hybridized carbons (Fsp3) is 0.200. The molecule has 0 aliphatic carbocycles. The van der Waals surface area contributed by atoms with E-state index in [1.807, 2.05) is 30.5 Å². The van der Waals surface area contributed by atoms with Crippen molar-refractivity contribution in [3.63, 3.8) is 0 Å². The molecule has 0 atom stereocenters. The highest BCUT2D eigenvalue weighted by Crippen LogP contribution is 2.31. The standard InChI is InChI=1S/C20H17N3O4S/c1-11-4-5-13(19-23-22-12(2)27-19)6-17(11)26-9-14-10-28-18-15(14)7-21-8-16(18)20(24)25-3/h4-8,10H,9H2,1-3H3. The maximum absolute atomic E-state index is 11.9. The second kappa shape index (κ2) is 7.40. The molecule has 0 N–H and O–H groups in total. The highest BCUT2D eigenvalue weighted by atomic mass is 32.1. The Morgan fingerprint density at radius 3 is 2.82 bits per heavy atom. The summed E-state index contributed by atoms with van der Waals surface area (Å²) in [5, 5.41) is 10.8. The first-order valence-corrected chi connectivity index (χ1v) is 9.41. The number of carbonyl (C=O) groups excluding carboxylic acids is 1. The minimum atomic E-state index is -0.397. The molecule has 0 amide bonds. The summed E-state index contributed by atoms with van der Waals surface area (Å²) in [6.07, 6.45) is 3.26. The van der Waals surface area contributed by atoms with Gasteiger partial charge in [-0.05, 0) is 30.0 Å². The summed E-state index contributed by atoms with van der Waals surface area (Å²) >= 11 is 1.47. The molecule has 0 spiro atoms. The summed E-state index contributed by atoms with van der Waals surface area (Å²) in [6.45, 7) is 4.07. The number of nitrogens with zero attached hydrogens (tertiary/aromatic N) is 3. The van der Waals surface area contributed by atoms with Gasteiger partial charge < -0.3 is 13.9 Å². The predicted molar refractivity (Wildman–Crippen MR) is 104 cm³/mol. The minimum absolute atomic E-state index is 0.347. The van der Waals surface area contributed by atoms with Crippen LogP contribution in [0.3, 0.4) is 0 Å². The first-order chi connectivity index (χ1) is 13.6. The summed E-state index contributed by atoms with van der Waals surface area (Å²) in [4.78, 5) is 16.1. The number of aryl methyl sites for hydroxylation is 2. The van der Waals surface area contributed by atoms with Crippen LogP contribution >= 0.6 is 11.3 Å². The lowest BCUT2D eigenvalue weighted by molar-refractivity contribution is 0.0603. The molecule has 8 heteroatoms. The molecule has 1 aromatic carbocycles. The molecule has 0 aliphatic heterocycles. The number of methoxy groups -OCH3 is 1. The zero-order valence-corrected chi connectivity index (χ0v) is 16.4. The van der Waals surface area contributed by atoms with Crippen molar-refractivity contribution < 1.29 is 18.7 Å². The van der Waals surface area contributed by atoms with E-state index < -0.39 is 5.97 Å². The van der Waals surface area contributed by atoms with E-state index in [-0.39, 0.29) is 0 Å². The smallest absolute Gasteiger partial charge is 0.340 e. The highest BCUT2D eigenvalue weighted by Gasteiger charge is 2.16. The van der Waals surface area contributed by atoms with Gasteiger partial charge >= 0.3 is 5.97 Å². The van der Waals surface area contributed by atoms with Crippen molar-refractivity contribution in [1.82, 2.24) is 15.2 Å². The third-order valence-electron chi connectivity index (χ3n) is 4.31. The van der Waals surface area contributed by atoms with Crippen LogP contribution < -0.4 is 4.74 Å². The molecular weight excluding hydrogens is 378 g/mol.